The number of rotatable bonds is 7. The smallest absolute Gasteiger partial charge is 0.343 e. The molecule has 10 heteroatoms. The number of benzene rings is 3. The van der Waals surface area contributed by atoms with Gasteiger partial charge in [0.25, 0.3) is 0 Å². The Hall–Kier alpha value is -3.81. The van der Waals surface area contributed by atoms with E-state index in [9.17, 15) is 13.2 Å². The highest BCUT2D eigenvalue weighted by Crippen LogP contribution is 2.35. The van der Waals surface area contributed by atoms with E-state index < -0.39 is 22.0 Å². The average molecular weight is 495 g/mol. The molecule has 8 nitrogen and oxygen atoms in total. The van der Waals surface area contributed by atoms with Gasteiger partial charge in [0.15, 0.2) is 0 Å². The van der Waals surface area contributed by atoms with Crippen molar-refractivity contribution in [2.75, 3.05) is 17.7 Å². The molecule has 34 heavy (non-hydrogen) atoms. The first-order valence-corrected chi connectivity index (χ1v) is 12.7. The Morgan fingerprint density at radius 3 is 2.38 bits per heavy atom. The molecule has 3 rings (SSSR count). The number of hydrogen-bond donors (Lipinski definition) is 2. The van der Waals surface area contributed by atoms with Crippen LogP contribution in [0.3, 0.4) is 0 Å². The third-order valence-corrected chi connectivity index (χ3v) is 7.07. The molecule has 0 heterocycles. The summed E-state index contributed by atoms with van der Waals surface area (Å²) in [5, 5.41) is 9.43. The number of nitrogens with zero attached hydrogens (tertiary/aromatic N) is 2. The van der Waals surface area contributed by atoms with E-state index >= 15 is 0 Å². The summed E-state index contributed by atoms with van der Waals surface area (Å²) in [5.74, 6) is -1.57. The molecule has 4 N–H and O–H groups in total. The third kappa shape index (κ3) is 5.57. The van der Waals surface area contributed by atoms with Gasteiger partial charge in [0.05, 0.1) is 12.1 Å². The number of carbonyl (C=O) groups excluding carboxylic acids is 1. The minimum absolute atomic E-state index is 0.0202. The molecular formula is C24H22N4O4S2. The van der Waals surface area contributed by atoms with E-state index in [-0.39, 0.29) is 17.0 Å². The molecule has 0 aliphatic carbocycles. The van der Waals surface area contributed by atoms with Crippen LogP contribution in [0.1, 0.15) is 29.0 Å². The van der Waals surface area contributed by atoms with Crippen LogP contribution in [0, 0.1) is 11.5 Å². The van der Waals surface area contributed by atoms with Crippen LogP contribution in [0.15, 0.2) is 82.7 Å². The van der Waals surface area contributed by atoms with Gasteiger partial charge in [-0.3, -0.25) is 4.79 Å². The van der Waals surface area contributed by atoms with Gasteiger partial charge in [-0.1, -0.05) is 60.7 Å². The van der Waals surface area contributed by atoms with Crippen LogP contribution in [0.2, 0.25) is 0 Å². The number of nitriles is 1. The number of carbonyl (C=O) groups is 1. The number of aliphatic imine (C=N–C) groups is 1. The van der Waals surface area contributed by atoms with Crippen LogP contribution in [0.4, 0.5) is 11.4 Å². The third-order valence-electron chi connectivity index (χ3n) is 5.05. The van der Waals surface area contributed by atoms with Gasteiger partial charge in [-0.25, -0.2) is 0 Å². The van der Waals surface area contributed by atoms with Gasteiger partial charge in [0.1, 0.15) is 9.94 Å². The second-order valence-corrected chi connectivity index (χ2v) is 9.45. The van der Waals surface area contributed by atoms with E-state index in [0.717, 1.165) is 5.56 Å². The van der Waals surface area contributed by atoms with E-state index in [0.29, 0.717) is 21.9 Å². The van der Waals surface area contributed by atoms with E-state index in [2.05, 4.69) is 4.99 Å². The molecule has 1 unspecified atom stereocenters. The Balaban J connectivity index is 2.00. The molecule has 0 radical (unpaired) electrons. The molecule has 3 aromatic carbocycles. The second-order valence-electron chi connectivity index (χ2n) is 7.14. The van der Waals surface area contributed by atoms with Gasteiger partial charge in [0.2, 0.25) is 6.19 Å². The zero-order valence-electron chi connectivity index (χ0n) is 18.2. The molecule has 174 valence electrons. The number of anilines is 2. The number of hydrogen-bond acceptors (Lipinski definition) is 9. The molecule has 3 aromatic rings. The topological polar surface area (TPSA) is 149 Å². The predicted octanol–water partition coefficient (Wildman–Crippen LogP) is 3.90. The predicted molar refractivity (Wildman–Crippen MR) is 134 cm³/mol. The van der Waals surface area contributed by atoms with Crippen LogP contribution >= 0.6 is 11.8 Å². The van der Waals surface area contributed by atoms with Crippen LogP contribution in [-0.2, 0) is 19.1 Å². The van der Waals surface area contributed by atoms with Crippen LogP contribution in [0.5, 0.6) is 0 Å². The van der Waals surface area contributed by atoms with Crippen molar-refractivity contribution in [2.24, 2.45) is 4.99 Å². The van der Waals surface area contributed by atoms with Crippen LogP contribution in [0.25, 0.3) is 0 Å². The Bertz CT molecular complexity index is 1370. The average Bonchev–Trinajstić information content (AvgIpc) is 2.82. The molecule has 0 amide bonds. The summed E-state index contributed by atoms with van der Waals surface area (Å²) in [6.07, 6.45) is 3.24. The Labute approximate surface area is 202 Å². The van der Waals surface area contributed by atoms with E-state index in [1.54, 1.807) is 48.8 Å². The summed E-state index contributed by atoms with van der Waals surface area (Å²) in [7, 11) is -4.41. The summed E-state index contributed by atoms with van der Waals surface area (Å²) in [6.45, 7) is 0. The Morgan fingerprint density at radius 1 is 1.06 bits per heavy atom. The summed E-state index contributed by atoms with van der Waals surface area (Å²) >= 11 is 1.26. The lowest BCUT2D eigenvalue weighted by atomic mass is 9.86. The second kappa shape index (κ2) is 10.9. The molecular weight excluding hydrogens is 472 g/mol. The van der Waals surface area contributed by atoms with Crippen LogP contribution < -0.4 is 11.5 Å². The fourth-order valence-corrected chi connectivity index (χ4v) is 5.04. The standard InChI is InChI=1S/C24H22N4O4S2/c1-33-24(28-15-25)18-11-7-10-17(23(18)27)19(16-8-3-2-4-9-16)14-22(29)32-34(30,31)21-13-6-5-12-20(21)26/h2-13,19H,14,26-27H2,1H3. The van der Waals surface area contributed by atoms with Crippen molar-refractivity contribution in [1.82, 2.24) is 0 Å². The summed E-state index contributed by atoms with van der Waals surface area (Å²) in [5.41, 5.74) is 14.4. The van der Waals surface area contributed by atoms with Crippen molar-refractivity contribution >= 4 is 44.3 Å². The van der Waals surface area contributed by atoms with Gasteiger partial charge < -0.3 is 15.7 Å². The molecule has 1 atom stereocenters. The van der Waals surface area contributed by atoms with E-state index in [4.69, 9.17) is 20.9 Å². The van der Waals surface area contributed by atoms with Crippen molar-refractivity contribution in [3.8, 4) is 6.19 Å². The SMILES string of the molecule is CSC(=NC#N)c1cccc(C(CC(=O)OS(=O)(=O)c2ccccc2N)c2ccccc2)c1N. The monoisotopic (exact) mass is 494 g/mol. The first-order chi connectivity index (χ1) is 16.3. The van der Waals surface area contributed by atoms with E-state index in [1.165, 1.54) is 30.0 Å². The van der Waals surface area contributed by atoms with Gasteiger partial charge in [-0.2, -0.15) is 18.7 Å². The number of para-hydroxylation sites is 2. The highest BCUT2D eigenvalue weighted by molar-refractivity contribution is 8.13. The fraction of sp³-hybridized carbons (Fsp3) is 0.125. The quantitative estimate of drug-likeness (QED) is 0.165. The highest BCUT2D eigenvalue weighted by atomic mass is 32.2. The maximum absolute atomic E-state index is 12.8. The first-order valence-electron chi connectivity index (χ1n) is 10.0. The largest absolute Gasteiger partial charge is 0.398 e. The van der Waals surface area contributed by atoms with E-state index in [1.807, 2.05) is 18.2 Å². The number of nitrogen functional groups attached to an aromatic ring is 2. The molecule has 0 saturated heterocycles. The van der Waals surface area contributed by atoms with Gasteiger partial charge in [0, 0.05) is 17.2 Å². The van der Waals surface area contributed by atoms with Gasteiger partial charge in [-0.15, -0.1) is 11.8 Å². The molecule has 0 aliphatic rings. The number of nitrogens with two attached hydrogens (primary N) is 2. The first kappa shape index (κ1) is 24.8. The summed E-state index contributed by atoms with van der Waals surface area (Å²) < 4.78 is 30.2. The minimum atomic E-state index is -4.41. The lowest BCUT2D eigenvalue weighted by Crippen LogP contribution is -2.18. The lowest BCUT2D eigenvalue weighted by Gasteiger charge is -2.21. The maximum atomic E-state index is 12.8. The lowest BCUT2D eigenvalue weighted by molar-refractivity contribution is -0.134. The van der Waals surface area contributed by atoms with Crippen molar-refractivity contribution in [1.29, 1.82) is 5.26 Å². The zero-order valence-corrected chi connectivity index (χ0v) is 19.8. The molecule has 0 spiro atoms. The molecule has 0 saturated carbocycles. The Morgan fingerprint density at radius 2 is 1.74 bits per heavy atom. The van der Waals surface area contributed by atoms with Crippen molar-refractivity contribution < 1.29 is 17.4 Å². The highest BCUT2D eigenvalue weighted by Gasteiger charge is 2.28. The minimum Gasteiger partial charge on any atom is -0.398 e. The van der Waals surface area contributed by atoms with Gasteiger partial charge in [-0.05, 0) is 29.5 Å². The fourth-order valence-electron chi connectivity index (χ4n) is 3.50. The van der Waals surface area contributed by atoms with Crippen LogP contribution in [-0.4, -0.2) is 25.7 Å². The number of thioether (sulfide) groups is 1. The summed E-state index contributed by atoms with van der Waals surface area (Å²) in [6, 6.07) is 20.0. The van der Waals surface area contributed by atoms with Crippen molar-refractivity contribution in [2.45, 2.75) is 17.2 Å². The van der Waals surface area contributed by atoms with Crippen molar-refractivity contribution in [3.05, 3.63) is 89.5 Å². The zero-order chi connectivity index (χ0) is 24.7. The maximum Gasteiger partial charge on any atom is 0.343 e. The summed E-state index contributed by atoms with van der Waals surface area (Å²) in [4.78, 5) is 16.4. The molecule has 0 aliphatic heterocycles. The molecule has 0 aromatic heterocycles. The van der Waals surface area contributed by atoms with Gasteiger partial charge >= 0.3 is 16.1 Å². The molecule has 0 fully saturated rings. The molecule has 0 bridgehead atoms. The van der Waals surface area contributed by atoms with Crippen molar-refractivity contribution in [3.63, 3.8) is 0 Å². The Kier molecular flexibility index (Phi) is 7.94. The normalized spacial score (nSPS) is 12.5.